The van der Waals surface area contributed by atoms with E-state index in [0.29, 0.717) is 0 Å². The molecule has 1 aromatic carbocycles. The van der Waals surface area contributed by atoms with Crippen LogP contribution in [0.2, 0.25) is 0 Å². The van der Waals surface area contributed by atoms with Crippen LogP contribution in [0.15, 0.2) is 24.3 Å². The van der Waals surface area contributed by atoms with Gasteiger partial charge in [0.15, 0.2) is 0 Å². The molecule has 0 spiro atoms. The zero-order valence-corrected chi connectivity index (χ0v) is 10.4. The number of benzene rings is 1. The molecule has 7 nitrogen and oxygen atoms in total. The number of carbonyl (C=O) groups excluding carboxylic acids is 3. The van der Waals surface area contributed by atoms with Gasteiger partial charge in [-0.25, -0.2) is 4.39 Å². The molecule has 20 heavy (non-hydrogen) atoms. The van der Waals surface area contributed by atoms with Crippen molar-refractivity contribution in [2.75, 3.05) is 13.1 Å². The number of rotatable bonds is 6. The minimum atomic E-state index is -1.49. The van der Waals surface area contributed by atoms with Gasteiger partial charge in [-0.15, -0.1) is 0 Å². The summed E-state index contributed by atoms with van der Waals surface area (Å²) in [6.45, 7) is -0.717. The highest BCUT2D eigenvalue weighted by molar-refractivity contribution is 5.96. The van der Waals surface area contributed by atoms with Crippen molar-refractivity contribution < 1.29 is 23.9 Å². The summed E-state index contributed by atoms with van der Waals surface area (Å²) in [5.41, 5.74) is 4.87. The number of nitrogens with two attached hydrogens (primary N) is 1. The summed E-state index contributed by atoms with van der Waals surface area (Å²) in [7, 11) is 0. The Bertz CT molecular complexity index is 521. The predicted molar refractivity (Wildman–Crippen MR) is 66.9 cm³/mol. The Balaban J connectivity index is 2.37. The summed E-state index contributed by atoms with van der Waals surface area (Å²) in [4.78, 5) is 33.4. The maximum absolute atomic E-state index is 12.9. The van der Waals surface area contributed by atoms with Crippen molar-refractivity contribution in [3.8, 4) is 0 Å². The van der Waals surface area contributed by atoms with E-state index in [1.807, 2.05) is 0 Å². The van der Waals surface area contributed by atoms with E-state index >= 15 is 0 Å². The average molecular weight is 283 g/mol. The van der Waals surface area contributed by atoms with E-state index in [1.165, 1.54) is 18.2 Å². The van der Waals surface area contributed by atoms with Gasteiger partial charge < -0.3 is 21.5 Å². The molecule has 0 radical (unpaired) electrons. The number of carbonyl (C=O) groups is 3. The molecule has 5 N–H and O–H groups in total. The van der Waals surface area contributed by atoms with E-state index in [1.54, 1.807) is 0 Å². The van der Waals surface area contributed by atoms with Crippen molar-refractivity contribution in [3.05, 3.63) is 35.6 Å². The first-order chi connectivity index (χ1) is 9.40. The number of aliphatic hydroxyl groups excluding tert-OH is 1. The van der Waals surface area contributed by atoms with Crippen LogP contribution in [0, 0.1) is 5.82 Å². The molecule has 1 rings (SSSR count). The van der Waals surface area contributed by atoms with Gasteiger partial charge in [0.25, 0.3) is 5.91 Å². The highest BCUT2D eigenvalue weighted by atomic mass is 19.1. The smallest absolute Gasteiger partial charge is 0.251 e. The average Bonchev–Trinajstić information content (AvgIpc) is 2.41. The van der Waals surface area contributed by atoms with Gasteiger partial charge in [-0.3, -0.25) is 14.4 Å². The Morgan fingerprint density at radius 2 is 2.00 bits per heavy atom. The first kappa shape index (κ1) is 15.6. The number of primary amides is 1. The lowest BCUT2D eigenvalue weighted by molar-refractivity contribution is -0.126. The van der Waals surface area contributed by atoms with Crippen LogP contribution in [-0.2, 0) is 9.59 Å². The third-order valence-electron chi connectivity index (χ3n) is 2.32. The van der Waals surface area contributed by atoms with Crippen LogP contribution in [0.1, 0.15) is 10.4 Å². The number of nitrogens with one attached hydrogen (secondary N) is 2. The Hall–Kier alpha value is -2.48. The summed E-state index contributed by atoms with van der Waals surface area (Å²) in [5.74, 6) is -2.76. The molecule has 3 amide bonds. The van der Waals surface area contributed by atoms with Crippen molar-refractivity contribution in [1.82, 2.24) is 10.6 Å². The molecule has 1 unspecified atom stereocenters. The van der Waals surface area contributed by atoms with Crippen LogP contribution in [0.4, 0.5) is 4.39 Å². The second kappa shape index (κ2) is 7.19. The second-order valence-corrected chi connectivity index (χ2v) is 3.92. The SMILES string of the molecule is NC(=O)C(O)CNC(=O)CNC(=O)c1cccc(F)c1. The molecule has 0 aliphatic heterocycles. The van der Waals surface area contributed by atoms with Crippen molar-refractivity contribution >= 4 is 17.7 Å². The van der Waals surface area contributed by atoms with Crippen LogP contribution in [0.5, 0.6) is 0 Å². The third-order valence-corrected chi connectivity index (χ3v) is 2.32. The molecule has 0 aromatic heterocycles. The Kier molecular flexibility index (Phi) is 5.60. The molecule has 0 heterocycles. The molecule has 0 aliphatic rings. The standard InChI is InChI=1S/C12H14FN3O4/c13-8-3-1-2-7(4-8)12(20)16-6-10(18)15-5-9(17)11(14)19/h1-4,9,17H,5-6H2,(H2,14,19)(H,15,18)(H,16,20). The molecule has 108 valence electrons. The first-order valence-corrected chi connectivity index (χ1v) is 5.68. The highest BCUT2D eigenvalue weighted by Crippen LogP contribution is 2.02. The van der Waals surface area contributed by atoms with E-state index in [-0.39, 0.29) is 18.7 Å². The molecular formula is C12H14FN3O4. The zero-order chi connectivity index (χ0) is 15.1. The van der Waals surface area contributed by atoms with Crippen LogP contribution in [-0.4, -0.2) is 42.0 Å². The van der Waals surface area contributed by atoms with E-state index in [2.05, 4.69) is 10.6 Å². The number of aliphatic hydroxyl groups is 1. The zero-order valence-electron chi connectivity index (χ0n) is 10.4. The first-order valence-electron chi connectivity index (χ1n) is 5.68. The lowest BCUT2D eigenvalue weighted by Crippen LogP contribution is -2.43. The molecule has 1 aromatic rings. The normalized spacial score (nSPS) is 11.5. The van der Waals surface area contributed by atoms with Gasteiger partial charge in [0.05, 0.1) is 13.1 Å². The van der Waals surface area contributed by atoms with Gasteiger partial charge in [-0.2, -0.15) is 0 Å². The van der Waals surface area contributed by atoms with Gasteiger partial charge in [0.2, 0.25) is 11.8 Å². The van der Waals surface area contributed by atoms with E-state index in [0.717, 1.165) is 6.07 Å². The quantitative estimate of drug-likeness (QED) is 0.508. The fourth-order valence-electron chi connectivity index (χ4n) is 1.27. The summed E-state index contributed by atoms with van der Waals surface area (Å²) in [6.07, 6.45) is -1.49. The third kappa shape index (κ3) is 5.02. The monoisotopic (exact) mass is 283 g/mol. The Morgan fingerprint density at radius 3 is 2.60 bits per heavy atom. The van der Waals surface area contributed by atoms with Gasteiger partial charge in [0, 0.05) is 5.56 Å². The Morgan fingerprint density at radius 1 is 1.30 bits per heavy atom. The number of amides is 3. The maximum Gasteiger partial charge on any atom is 0.251 e. The molecule has 0 saturated carbocycles. The second-order valence-electron chi connectivity index (χ2n) is 3.92. The van der Waals surface area contributed by atoms with Crippen LogP contribution >= 0.6 is 0 Å². The molecule has 1 atom stereocenters. The van der Waals surface area contributed by atoms with Crippen LogP contribution in [0.3, 0.4) is 0 Å². The maximum atomic E-state index is 12.9. The van der Waals surface area contributed by atoms with Gasteiger partial charge in [-0.05, 0) is 18.2 Å². The van der Waals surface area contributed by atoms with Crippen LogP contribution in [0.25, 0.3) is 0 Å². The lowest BCUT2D eigenvalue weighted by atomic mass is 10.2. The van der Waals surface area contributed by atoms with E-state index in [9.17, 15) is 18.8 Å². The van der Waals surface area contributed by atoms with Gasteiger partial charge >= 0.3 is 0 Å². The number of halogens is 1. The molecule has 8 heteroatoms. The van der Waals surface area contributed by atoms with Gasteiger partial charge in [0.1, 0.15) is 11.9 Å². The topological polar surface area (TPSA) is 122 Å². The summed E-state index contributed by atoms with van der Waals surface area (Å²) in [6, 6.07) is 4.99. The largest absolute Gasteiger partial charge is 0.381 e. The molecular weight excluding hydrogens is 269 g/mol. The van der Waals surface area contributed by atoms with Crippen molar-refractivity contribution in [3.63, 3.8) is 0 Å². The molecule has 0 saturated heterocycles. The lowest BCUT2D eigenvalue weighted by Gasteiger charge is -2.09. The van der Waals surface area contributed by atoms with E-state index in [4.69, 9.17) is 10.8 Å². The van der Waals surface area contributed by atoms with Gasteiger partial charge in [-0.1, -0.05) is 6.07 Å². The molecule has 0 fully saturated rings. The Labute approximate surface area is 114 Å². The van der Waals surface area contributed by atoms with Crippen molar-refractivity contribution in [2.45, 2.75) is 6.10 Å². The van der Waals surface area contributed by atoms with Crippen molar-refractivity contribution in [1.29, 1.82) is 0 Å². The summed E-state index contributed by atoms with van der Waals surface area (Å²) in [5, 5.41) is 13.5. The fourth-order valence-corrected chi connectivity index (χ4v) is 1.27. The molecule has 0 aliphatic carbocycles. The molecule has 0 bridgehead atoms. The highest BCUT2D eigenvalue weighted by Gasteiger charge is 2.13. The minimum Gasteiger partial charge on any atom is -0.381 e. The fraction of sp³-hybridized carbons (Fsp3) is 0.250. The summed E-state index contributed by atoms with van der Waals surface area (Å²) >= 11 is 0. The van der Waals surface area contributed by atoms with Crippen molar-refractivity contribution in [2.24, 2.45) is 5.73 Å². The number of hydrogen-bond acceptors (Lipinski definition) is 4. The number of hydrogen-bond donors (Lipinski definition) is 4. The predicted octanol–water partition coefficient (Wildman–Crippen LogP) is -1.48. The van der Waals surface area contributed by atoms with Crippen LogP contribution < -0.4 is 16.4 Å². The minimum absolute atomic E-state index is 0.0787. The van der Waals surface area contributed by atoms with E-state index < -0.39 is 29.6 Å². The summed E-state index contributed by atoms with van der Waals surface area (Å²) < 4.78 is 12.9.